The molecule has 0 saturated carbocycles. The highest BCUT2D eigenvalue weighted by molar-refractivity contribution is 6.00. The summed E-state index contributed by atoms with van der Waals surface area (Å²) >= 11 is 0. The monoisotopic (exact) mass is 370 g/mol. The lowest BCUT2D eigenvalue weighted by atomic mass is 10.1. The minimum absolute atomic E-state index is 0.0555. The Kier molecular flexibility index (Phi) is 5.15. The number of aromatic nitrogens is 3. The number of carbonyl (C=O) groups excluding carboxylic acids is 1. The zero-order valence-electron chi connectivity index (χ0n) is 15.7. The second kappa shape index (κ2) is 8.05. The number of hydrogen-bond acceptors (Lipinski definition) is 3. The van der Waals surface area contributed by atoms with Gasteiger partial charge in [0, 0.05) is 17.8 Å². The van der Waals surface area contributed by atoms with E-state index in [1.54, 1.807) is 16.9 Å². The summed E-state index contributed by atoms with van der Waals surface area (Å²) in [5.41, 5.74) is 4.26. The minimum atomic E-state index is -0.145. The summed E-state index contributed by atoms with van der Waals surface area (Å²) in [7, 11) is 0. The van der Waals surface area contributed by atoms with E-state index in [-0.39, 0.29) is 11.9 Å². The molecule has 0 bridgehead atoms. The fraction of sp³-hybridized carbons (Fsp3) is 0.174. The van der Waals surface area contributed by atoms with Gasteiger partial charge in [-0.05, 0) is 31.4 Å². The van der Waals surface area contributed by atoms with Crippen molar-refractivity contribution in [1.82, 2.24) is 19.9 Å². The number of benzene rings is 2. The van der Waals surface area contributed by atoms with Crippen molar-refractivity contribution in [3.63, 3.8) is 0 Å². The lowest BCUT2D eigenvalue weighted by molar-refractivity contribution is 0.0940. The zero-order valence-corrected chi connectivity index (χ0v) is 15.7. The molecular formula is C23H22N4O. The van der Waals surface area contributed by atoms with Crippen LogP contribution in [0.4, 0.5) is 0 Å². The van der Waals surface area contributed by atoms with Gasteiger partial charge in [-0.25, -0.2) is 9.50 Å². The Morgan fingerprint density at radius 2 is 1.75 bits per heavy atom. The van der Waals surface area contributed by atoms with Gasteiger partial charge < -0.3 is 5.32 Å². The lowest BCUT2D eigenvalue weighted by Gasteiger charge is -2.13. The first-order chi connectivity index (χ1) is 13.7. The highest BCUT2D eigenvalue weighted by Crippen LogP contribution is 2.20. The van der Waals surface area contributed by atoms with Crippen molar-refractivity contribution < 1.29 is 4.79 Å². The highest BCUT2D eigenvalue weighted by Gasteiger charge is 2.17. The second-order valence-corrected chi connectivity index (χ2v) is 6.89. The second-order valence-electron chi connectivity index (χ2n) is 6.89. The van der Waals surface area contributed by atoms with Gasteiger partial charge in [0.15, 0.2) is 5.65 Å². The van der Waals surface area contributed by atoms with Crippen LogP contribution in [-0.4, -0.2) is 26.5 Å². The third kappa shape index (κ3) is 3.78. The summed E-state index contributed by atoms with van der Waals surface area (Å²) in [6.45, 7) is 2.02. The molecule has 0 radical (unpaired) electrons. The number of aryl methyl sites for hydroxylation is 1. The molecule has 140 valence electrons. The maximum atomic E-state index is 12.8. The Bertz CT molecular complexity index is 1070. The number of amides is 1. The van der Waals surface area contributed by atoms with E-state index in [9.17, 15) is 4.79 Å². The van der Waals surface area contributed by atoms with Gasteiger partial charge >= 0.3 is 0 Å². The van der Waals surface area contributed by atoms with Crippen LogP contribution in [0.5, 0.6) is 0 Å². The van der Waals surface area contributed by atoms with Crippen molar-refractivity contribution >= 4 is 11.6 Å². The van der Waals surface area contributed by atoms with E-state index in [1.165, 1.54) is 5.56 Å². The molecule has 2 heterocycles. The van der Waals surface area contributed by atoms with Crippen LogP contribution in [0.2, 0.25) is 0 Å². The molecule has 28 heavy (non-hydrogen) atoms. The third-order valence-corrected chi connectivity index (χ3v) is 4.80. The van der Waals surface area contributed by atoms with Gasteiger partial charge in [-0.3, -0.25) is 4.79 Å². The molecule has 1 amide bonds. The van der Waals surface area contributed by atoms with Crippen LogP contribution in [0.25, 0.3) is 16.9 Å². The molecule has 2 aromatic heterocycles. The normalized spacial score (nSPS) is 12.0. The first-order valence-electron chi connectivity index (χ1n) is 9.45. The molecule has 0 saturated heterocycles. The molecule has 0 fully saturated rings. The van der Waals surface area contributed by atoms with Crippen molar-refractivity contribution in [3.8, 4) is 11.3 Å². The van der Waals surface area contributed by atoms with Gasteiger partial charge in [-0.15, -0.1) is 0 Å². The van der Waals surface area contributed by atoms with Crippen LogP contribution < -0.4 is 5.32 Å². The van der Waals surface area contributed by atoms with Crippen molar-refractivity contribution in [3.05, 3.63) is 90.3 Å². The number of nitrogens with one attached hydrogen (secondary N) is 1. The highest BCUT2D eigenvalue weighted by atomic mass is 16.1. The molecule has 0 aliphatic rings. The van der Waals surface area contributed by atoms with Crippen LogP contribution in [0.15, 0.2) is 79.1 Å². The van der Waals surface area contributed by atoms with E-state index < -0.39 is 0 Å². The molecule has 1 N–H and O–H groups in total. The standard InChI is InChI=1S/C23H22N4O/c1-17(12-13-18-8-4-2-5-9-18)26-23(28)20-16-25-27-21(14-15-24-22(20)27)19-10-6-3-7-11-19/h2-11,14-17H,12-13H2,1H3,(H,26,28). The number of carbonyl (C=O) groups is 1. The fourth-order valence-corrected chi connectivity index (χ4v) is 3.28. The Labute approximate surface area is 164 Å². The molecule has 0 aliphatic carbocycles. The van der Waals surface area contributed by atoms with Gasteiger partial charge in [-0.2, -0.15) is 5.10 Å². The summed E-state index contributed by atoms with van der Waals surface area (Å²) < 4.78 is 1.72. The summed E-state index contributed by atoms with van der Waals surface area (Å²) in [6.07, 6.45) is 5.11. The molecule has 5 nitrogen and oxygen atoms in total. The molecule has 4 rings (SSSR count). The number of hydrogen-bond donors (Lipinski definition) is 1. The lowest BCUT2D eigenvalue weighted by Crippen LogP contribution is -2.32. The molecule has 2 aromatic carbocycles. The van der Waals surface area contributed by atoms with Crippen LogP contribution in [0.1, 0.15) is 29.3 Å². The summed E-state index contributed by atoms with van der Waals surface area (Å²) in [5, 5.41) is 7.48. The number of fused-ring (bicyclic) bond motifs is 1. The summed E-state index contributed by atoms with van der Waals surface area (Å²) in [4.78, 5) is 17.2. The van der Waals surface area contributed by atoms with Gasteiger partial charge in [0.25, 0.3) is 5.91 Å². The average molecular weight is 370 g/mol. The Morgan fingerprint density at radius 1 is 1.04 bits per heavy atom. The first kappa shape index (κ1) is 17.9. The Balaban J connectivity index is 1.50. The van der Waals surface area contributed by atoms with E-state index in [0.29, 0.717) is 11.2 Å². The van der Waals surface area contributed by atoms with Gasteiger partial charge in [0.2, 0.25) is 0 Å². The quantitative estimate of drug-likeness (QED) is 0.555. The summed E-state index contributed by atoms with van der Waals surface area (Å²) in [5.74, 6) is -0.145. The Morgan fingerprint density at radius 3 is 2.50 bits per heavy atom. The largest absolute Gasteiger partial charge is 0.349 e. The average Bonchev–Trinajstić information content (AvgIpc) is 3.18. The van der Waals surface area contributed by atoms with Crippen LogP contribution in [0, 0.1) is 0 Å². The topological polar surface area (TPSA) is 59.3 Å². The molecule has 1 atom stereocenters. The maximum Gasteiger partial charge on any atom is 0.256 e. The van der Waals surface area contributed by atoms with Gasteiger partial charge in [-0.1, -0.05) is 60.7 Å². The van der Waals surface area contributed by atoms with Crippen molar-refractivity contribution in [2.45, 2.75) is 25.8 Å². The predicted molar refractivity (Wildman–Crippen MR) is 110 cm³/mol. The summed E-state index contributed by atoms with van der Waals surface area (Å²) in [6, 6.07) is 22.2. The smallest absolute Gasteiger partial charge is 0.256 e. The van der Waals surface area contributed by atoms with E-state index >= 15 is 0 Å². The van der Waals surface area contributed by atoms with Gasteiger partial charge in [0.05, 0.1) is 11.9 Å². The van der Waals surface area contributed by atoms with Crippen LogP contribution in [-0.2, 0) is 6.42 Å². The number of nitrogens with zero attached hydrogens (tertiary/aromatic N) is 3. The molecular weight excluding hydrogens is 348 g/mol. The van der Waals surface area contributed by atoms with E-state index in [4.69, 9.17) is 0 Å². The molecule has 5 heteroatoms. The first-order valence-corrected chi connectivity index (χ1v) is 9.45. The van der Waals surface area contributed by atoms with E-state index in [0.717, 1.165) is 24.1 Å². The van der Waals surface area contributed by atoms with Crippen molar-refractivity contribution in [2.24, 2.45) is 0 Å². The molecule has 4 aromatic rings. The minimum Gasteiger partial charge on any atom is -0.349 e. The molecule has 1 unspecified atom stereocenters. The predicted octanol–water partition coefficient (Wildman–Crippen LogP) is 4.15. The SMILES string of the molecule is CC(CCc1ccccc1)NC(=O)c1cnn2c(-c3ccccc3)ccnc12. The van der Waals surface area contributed by atoms with Gasteiger partial charge in [0.1, 0.15) is 5.56 Å². The van der Waals surface area contributed by atoms with Crippen LogP contribution >= 0.6 is 0 Å². The Hall–Kier alpha value is -3.47. The molecule has 0 spiro atoms. The van der Waals surface area contributed by atoms with Crippen molar-refractivity contribution in [2.75, 3.05) is 0 Å². The van der Waals surface area contributed by atoms with Crippen molar-refractivity contribution in [1.29, 1.82) is 0 Å². The maximum absolute atomic E-state index is 12.8. The number of rotatable bonds is 6. The van der Waals surface area contributed by atoms with E-state index in [1.807, 2.05) is 61.5 Å². The third-order valence-electron chi connectivity index (χ3n) is 4.80. The molecule has 0 aliphatic heterocycles. The van der Waals surface area contributed by atoms with E-state index in [2.05, 4.69) is 27.5 Å². The zero-order chi connectivity index (χ0) is 19.3. The fourth-order valence-electron chi connectivity index (χ4n) is 3.28. The van der Waals surface area contributed by atoms with Crippen LogP contribution in [0.3, 0.4) is 0 Å².